The summed E-state index contributed by atoms with van der Waals surface area (Å²) in [5.41, 5.74) is -0.527. The number of pyridine rings is 2. The second-order valence-electron chi connectivity index (χ2n) is 6.24. The largest absolute Gasteiger partial charge is 0.324 e. The van der Waals surface area contributed by atoms with E-state index in [1.807, 2.05) is 0 Å². The van der Waals surface area contributed by atoms with E-state index >= 15 is 0 Å². The van der Waals surface area contributed by atoms with Crippen molar-refractivity contribution >= 4 is 35.0 Å². The molecule has 1 amide bonds. The molecule has 3 rings (SSSR count). The fourth-order valence-corrected chi connectivity index (χ4v) is 4.45. The third-order valence-electron chi connectivity index (χ3n) is 4.08. The molecule has 1 aliphatic rings. The van der Waals surface area contributed by atoms with Crippen molar-refractivity contribution in [3.05, 3.63) is 58.5 Å². The second-order valence-corrected chi connectivity index (χ2v) is 8.32. The number of hydrogen-bond donors (Lipinski definition) is 1. The summed E-state index contributed by atoms with van der Waals surface area (Å²) >= 11 is 7.50. The van der Waals surface area contributed by atoms with Gasteiger partial charge in [-0.3, -0.25) is 14.6 Å². The van der Waals surface area contributed by atoms with Gasteiger partial charge in [0.25, 0.3) is 12.0 Å². The topological polar surface area (TPSA) is 64.0 Å². The van der Waals surface area contributed by atoms with Crippen molar-refractivity contribution in [2.45, 2.75) is 29.4 Å². The fraction of sp³-hybridized carbons (Fsp3) is 0.316. The molecule has 1 aliphatic heterocycles. The Morgan fingerprint density at radius 2 is 2.28 bits per heavy atom. The molecule has 29 heavy (non-hydrogen) atoms. The molecular weight excluding hydrogens is 427 g/mol. The first-order chi connectivity index (χ1) is 13.8. The Kier molecular flexibility index (Phi) is 6.87. The van der Waals surface area contributed by atoms with Crippen molar-refractivity contribution in [3.8, 4) is 11.8 Å². The maximum Gasteiger partial charge on any atom is 0.286 e. The maximum atomic E-state index is 13.7. The number of hydrogen-bond acceptors (Lipinski definition) is 4. The summed E-state index contributed by atoms with van der Waals surface area (Å²) < 4.78 is 38.9. The van der Waals surface area contributed by atoms with Crippen LogP contribution in [0.25, 0.3) is 0 Å². The third-order valence-corrected chi connectivity index (χ3v) is 6.02. The van der Waals surface area contributed by atoms with E-state index in [2.05, 4.69) is 22.1 Å². The van der Waals surface area contributed by atoms with Crippen LogP contribution in [0.1, 0.15) is 12.0 Å². The lowest BCUT2D eigenvalue weighted by Gasteiger charge is -2.12. The van der Waals surface area contributed by atoms with Crippen molar-refractivity contribution in [2.24, 2.45) is 5.92 Å². The van der Waals surface area contributed by atoms with E-state index in [-0.39, 0.29) is 11.6 Å². The molecular formula is C19H15ClF3N3O2S. The van der Waals surface area contributed by atoms with Crippen LogP contribution in [0.15, 0.2) is 41.6 Å². The zero-order valence-corrected chi connectivity index (χ0v) is 16.4. The molecule has 3 heterocycles. The zero-order valence-electron chi connectivity index (χ0n) is 14.8. The first-order valence-electron chi connectivity index (χ1n) is 8.53. The first kappa shape index (κ1) is 21.3. The molecule has 2 aromatic rings. The lowest BCUT2D eigenvalue weighted by atomic mass is 10.1. The van der Waals surface area contributed by atoms with Crippen molar-refractivity contribution in [2.75, 3.05) is 5.32 Å². The molecule has 1 fully saturated rings. The number of nitrogens with zero attached hydrogens (tertiary/aromatic N) is 2. The Labute approximate surface area is 173 Å². The summed E-state index contributed by atoms with van der Waals surface area (Å²) in [4.78, 5) is 28.0. The average molecular weight is 442 g/mol. The molecule has 0 spiro atoms. The Balaban J connectivity index is 1.68. The number of nitrogens with one attached hydrogen (secondary N) is 1. The Morgan fingerprint density at radius 3 is 2.97 bits per heavy atom. The fourth-order valence-electron chi connectivity index (χ4n) is 2.73. The molecule has 152 valence electrons. The third kappa shape index (κ3) is 5.55. The van der Waals surface area contributed by atoms with E-state index in [1.54, 1.807) is 24.5 Å². The van der Waals surface area contributed by atoms with Gasteiger partial charge in [0, 0.05) is 36.1 Å². The number of anilines is 1. The minimum absolute atomic E-state index is 0.0793. The van der Waals surface area contributed by atoms with Gasteiger partial charge in [-0.2, -0.15) is 0 Å². The molecule has 0 saturated carbocycles. The molecule has 3 atom stereocenters. The summed E-state index contributed by atoms with van der Waals surface area (Å²) in [6, 6.07) is 4.37. The molecule has 0 bridgehead atoms. The van der Waals surface area contributed by atoms with Crippen LogP contribution in [0.2, 0.25) is 0 Å². The lowest BCUT2D eigenvalue weighted by molar-refractivity contribution is -0.115. The van der Waals surface area contributed by atoms with E-state index in [9.17, 15) is 22.8 Å². The SMILES string of the molecule is O=C(Nc1cc(F)c(=O)n(CC(F)F)c1)C1CC(C#Cc2cccnc2)C(Cl)S1. The van der Waals surface area contributed by atoms with Gasteiger partial charge < -0.3 is 9.88 Å². The van der Waals surface area contributed by atoms with Gasteiger partial charge in [-0.1, -0.05) is 11.8 Å². The van der Waals surface area contributed by atoms with Crippen LogP contribution in [-0.4, -0.2) is 31.8 Å². The Hall–Kier alpha value is -2.44. The van der Waals surface area contributed by atoms with Gasteiger partial charge in [-0.05, 0) is 18.6 Å². The number of alkyl halides is 3. The highest BCUT2D eigenvalue weighted by Gasteiger charge is 2.37. The standard InChI is InChI=1S/C19H15ClF3N3O2S/c20-17-12(4-3-11-2-1-5-24-8-11)6-15(29-17)18(27)25-13-7-14(21)19(28)26(9-13)10-16(22)23/h1-2,5,7-9,12,15-17H,6,10H2,(H,25,27). The molecule has 1 N–H and O–H groups in total. The van der Waals surface area contributed by atoms with Crippen molar-refractivity contribution < 1.29 is 18.0 Å². The van der Waals surface area contributed by atoms with E-state index < -0.39 is 40.2 Å². The van der Waals surface area contributed by atoms with Gasteiger partial charge in [-0.15, -0.1) is 23.4 Å². The molecule has 10 heteroatoms. The quantitative estimate of drug-likeness (QED) is 0.584. The van der Waals surface area contributed by atoms with Crippen LogP contribution in [0.4, 0.5) is 18.9 Å². The zero-order chi connectivity index (χ0) is 21.0. The first-order valence-corrected chi connectivity index (χ1v) is 9.91. The van der Waals surface area contributed by atoms with Gasteiger partial charge in [0.1, 0.15) is 0 Å². The monoisotopic (exact) mass is 441 g/mol. The summed E-state index contributed by atoms with van der Waals surface area (Å²) in [6.07, 6.45) is 1.78. The predicted molar refractivity (Wildman–Crippen MR) is 106 cm³/mol. The summed E-state index contributed by atoms with van der Waals surface area (Å²) in [5.74, 6) is 4.06. The van der Waals surface area contributed by atoms with Crippen LogP contribution in [0, 0.1) is 23.6 Å². The number of thioether (sulfide) groups is 1. The molecule has 1 saturated heterocycles. The highest BCUT2D eigenvalue weighted by Crippen LogP contribution is 2.41. The lowest BCUT2D eigenvalue weighted by Crippen LogP contribution is -2.28. The normalized spacial score (nSPS) is 20.9. The van der Waals surface area contributed by atoms with Crippen molar-refractivity contribution in [3.63, 3.8) is 0 Å². The van der Waals surface area contributed by atoms with Gasteiger partial charge in [0.2, 0.25) is 5.91 Å². The molecule has 3 unspecified atom stereocenters. The van der Waals surface area contributed by atoms with E-state index in [0.717, 1.165) is 17.8 Å². The maximum absolute atomic E-state index is 13.7. The number of halogens is 4. The average Bonchev–Trinajstić information content (AvgIpc) is 3.05. The van der Waals surface area contributed by atoms with Gasteiger partial charge in [-0.25, -0.2) is 13.2 Å². The highest BCUT2D eigenvalue weighted by molar-refractivity contribution is 8.02. The second kappa shape index (κ2) is 9.37. The number of carbonyl (C=O) groups excluding carboxylic acids is 1. The van der Waals surface area contributed by atoms with Gasteiger partial charge in [0.15, 0.2) is 5.82 Å². The highest BCUT2D eigenvalue weighted by atomic mass is 35.5. The van der Waals surface area contributed by atoms with Crippen molar-refractivity contribution in [1.82, 2.24) is 9.55 Å². The Morgan fingerprint density at radius 1 is 1.48 bits per heavy atom. The molecule has 2 aromatic heterocycles. The van der Waals surface area contributed by atoms with Gasteiger partial charge in [0.05, 0.1) is 22.2 Å². The van der Waals surface area contributed by atoms with E-state index in [0.29, 0.717) is 11.0 Å². The summed E-state index contributed by atoms with van der Waals surface area (Å²) in [5, 5.41) is 1.91. The number of carbonyl (C=O) groups is 1. The number of aromatic nitrogens is 2. The minimum Gasteiger partial charge on any atom is -0.324 e. The molecule has 0 radical (unpaired) electrons. The number of rotatable bonds is 4. The summed E-state index contributed by atoms with van der Waals surface area (Å²) in [6.45, 7) is -0.965. The number of amides is 1. The van der Waals surface area contributed by atoms with Crippen LogP contribution >= 0.6 is 23.4 Å². The smallest absolute Gasteiger partial charge is 0.286 e. The predicted octanol–water partition coefficient (Wildman–Crippen LogP) is 3.32. The molecule has 0 aromatic carbocycles. The molecule has 5 nitrogen and oxygen atoms in total. The van der Waals surface area contributed by atoms with Crippen molar-refractivity contribution in [1.29, 1.82) is 0 Å². The van der Waals surface area contributed by atoms with Crippen LogP contribution in [-0.2, 0) is 11.3 Å². The van der Waals surface area contributed by atoms with Crippen LogP contribution < -0.4 is 10.9 Å². The van der Waals surface area contributed by atoms with Gasteiger partial charge >= 0.3 is 0 Å². The summed E-state index contributed by atoms with van der Waals surface area (Å²) in [7, 11) is 0. The van der Waals surface area contributed by atoms with Crippen LogP contribution in [0.5, 0.6) is 0 Å². The van der Waals surface area contributed by atoms with E-state index in [4.69, 9.17) is 11.6 Å². The van der Waals surface area contributed by atoms with Crippen LogP contribution in [0.3, 0.4) is 0 Å². The Bertz CT molecular complexity index is 1010. The molecule has 0 aliphatic carbocycles. The van der Waals surface area contributed by atoms with E-state index in [1.165, 1.54) is 11.8 Å². The minimum atomic E-state index is -2.83.